The van der Waals surface area contributed by atoms with Gasteiger partial charge in [0.1, 0.15) is 11.5 Å². The third kappa shape index (κ3) is 2.16. The van der Waals surface area contributed by atoms with Gasteiger partial charge in [-0.2, -0.15) is 0 Å². The summed E-state index contributed by atoms with van der Waals surface area (Å²) >= 11 is 8.92. The second-order valence-corrected chi connectivity index (χ2v) is 4.04. The van der Waals surface area contributed by atoms with E-state index in [1.165, 1.54) is 18.5 Å². The molecule has 0 aliphatic rings. The van der Waals surface area contributed by atoms with E-state index in [-0.39, 0.29) is 11.0 Å². The maximum absolute atomic E-state index is 13.3. The number of benzene rings is 1. The first kappa shape index (κ1) is 10.5. The zero-order valence-electron chi connectivity index (χ0n) is 7.42. The molecule has 5 heteroatoms. The Bertz CT molecular complexity index is 505. The highest BCUT2D eigenvalue weighted by molar-refractivity contribution is 9.10. The molecule has 0 atom stereocenters. The van der Waals surface area contributed by atoms with Crippen LogP contribution in [-0.2, 0) is 0 Å². The number of aromatic nitrogens is 2. The molecular formula is C10H5BrClFN2. The second kappa shape index (κ2) is 4.24. The lowest BCUT2D eigenvalue weighted by Crippen LogP contribution is -1.88. The van der Waals surface area contributed by atoms with Crippen LogP contribution in [0.25, 0.3) is 11.3 Å². The summed E-state index contributed by atoms with van der Waals surface area (Å²) < 4.78 is 13.7. The van der Waals surface area contributed by atoms with Crippen LogP contribution in [0, 0.1) is 5.82 Å². The molecule has 0 amide bonds. The fraction of sp³-hybridized carbons (Fsp3) is 0. The van der Waals surface area contributed by atoms with Gasteiger partial charge in [0.15, 0.2) is 5.15 Å². The van der Waals surface area contributed by atoms with Crippen LogP contribution >= 0.6 is 27.5 Å². The van der Waals surface area contributed by atoms with Gasteiger partial charge in [-0.3, -0.25) is 4.98 Å². The summed E-state index contributed by atoms with van der Waals surface area (Å²) in [6, 6.07) is 4.69. The van der Waals surface area contributed by atoms with Gasteiger partial charge in [-0.25, -0.2) is 9.37 Å². The van der Waals surface area contributed by atoms with Crippen LogP contribution in [0.1, 0.15) is 0 Å². The molecule has 2 nitrogen and oxygen atoms in total. The van der Waals surface area contributed by atoms with E-state index < -0.39 is 0 Å². The summed E-state index contributed by atoms with van der Waals surface area (Å²) in [6.07, 6.45) is 3.00. The molecule has 0 bridgehead atoms. The summed E-state index contributed by atoms with van der Waals surface area (Å²) in [4.78, 5) is 7.92. The van der Waals surface area contributed by atoms with E-state index in [0.29, 0.717) is 15.7 Å². The molecule has 2 aromatic rings. The minimum absolute atomic E-state index is 0.263. The number of hydrogen-bond acceptors (Lipinski definition) is 2. The smallest absolute Gasteiger partial charge is 0.155 e. The van der Waals surface area contributed by atoms with Crippen LogP contribution in [0.5, 0.6) is 0 Å². The number of nitrogens with zero attached hydrogens (tertiary/aromatic N) is 2. The fourth-order valence-electron chi connectivity index (χ4n) is 1.16. The first-order valence-electron chi connectivity index (χ1n) is 4.10. The van der Waals surface area contributed by atoms with Crippen molar-refractivity contribution >= 4 is 27.5 Å². The van der Waals surface area contributed by atoms with Crippen LogP contribution in [-0.4, -0.2) is 9.97 Å². The first-order chi connectivity index (χ1) is 7.18. The molecule has 2 rings (SSSR count). The summed E-state index contributed by atoms with van der Waals surface area (Å²) in [5.74, 6) is -0.353. The van der Waals surface area contributed by atoms with Crippen LogP contribution in [0.15, 0.2) is 35.1 Å². The minimum Gasteiger partial charge on any atom is -0.251 e. The molecule has 76 valence electrons. The van der Waals surface area contributed by atoms with Crippen molar-refractivity contribution in [2.24, 2.45) is 0 Å². The van der Waals surface area contributed by atoms with Crippen molar-refractivity contribution in [2.45, 2.75) is 0 Å². The Morgan fingerprint density at radius 2 is 1.93 bits per heavy atom. The normalized spacial score (nSPS) is 10.3. The van der Waals surface area contributed by atoms with Crippen molar-refractivity contribution in [3.05, 3.63) is 46.0 Å². The topological polar surface area (TPSA) is 25.8 Å². The van der Waals surface area contributed by atoms with Gasteiger partial charge in [0.2, 0.25) is 0 Å². The van der Waals surface area contributed by atoms with Crippen molar-refractivity contribution < 1.29 is 4.39 Å². The minimum atomic E-state index is -0.353. The van der Waals surface area contributed by atoms with E-state index in [2.05, 4.69) is 25.9 Å². The SMILES string of the molecule is Fc1cc(-c2nccnc2Cl)ccc1Br. The third-order valence-corrected chi connectivity index (χ3v) is 2.77. The lowest BCUT2D eigenvalue weighted by atomic mass is 10.1. The van der Waals surface area contributed by atoms with E-state index in [1.54, 1.807) is 12.1 Å². The monoisotopic (exact) mass is 286 g/mol. The zero-order valence-corrected chi connectivity index (χ0v) is 9.76. The van der Waals surface area contributed by atoms with Crippen LogP contribution in [0.4, 0.5) is 4.39 Å². The Labute approximate surface area is 99.3 Å². The predicted molar refractivity (Wildman–Crippen MR) is 60.1 cm³/mol. The fourth-order valence-corrected chi connectivity index (χ4v) is 1.62. The van der Waals surface area contributed by atoms with Gasteiger partial charge in [0.25, 0.3) is 0 Å². The summed E-state index contributed by atoms with van der Waals surface area (Å²) in [5.41, 5.74) is 1.08. The van der Waals surface area contributed by atoms with E-state index >= 15 is 0 Å². The number of rotatable bonds is 1. The van der Waals surface area contributed by atoms with Gasteiger partial charge < -0.3 is 0 Å². The van der Waals surface area contributed by atoms with Crippen LogP contribution in [0.3, 0.4) is 0 Å². The van der Waals surface area contributed by atoms with Crippen molar-refractivity contribution in [3.8, 4) is 11.3 Å². The Balaban J connectivity index is 2.55. The standard InChI is InChI=1S/C10H5BrClFN2/c11-7-2-1-6(5-8(7)13)9-10(12)15-4-3-14-9/h1-5H. The number of hydrogen-bond donors (Lipinski definition) is 0. The molecule has 0 saturated carbocycles. The lowest BCUT2D eigenvalue weighted by Gasteiger charge is -2.02. The molecule has 1 aromatic heterocycles. The highest BCUT2D eigenvalue weighted by atomic mass is 79.9. The quantitative estimate of drug-likeness (QED) is 0.799. The first-order valence-corrected chi connectivity index (χ1v) is 5.27. The number of halogens is 3. The van der Waals surface area contributed by atoms with E-state index in [9.17, 15) is 4.39 Å². The van der Waals surface area contributed by atoms with Crippen molar-refractivity contribution in [2.75, 3.05) is 0 Å². The molecule has 1 heterocycles. The summed E-state index contributed by atoms with van der Waals surface area (Å²) in [5, 5.41) is 0.263. The Morgan fingerprint density at radius 3 is 2.60 bits per heavy atom. The van der Waals surface area contributed by atoms with Gasteiger partial charge >= 0.3 is 0 Å². The van der Waals surface area contributed by atoms with E-state index in [1.807, 2.05) is 0 Å². The maximum Gasteiger partial charge on any atom is 0.155 e. The van der Waals surface area contributed by atoms with Gasteiger partial charge in [0.05, 0.1) is 4.47 Å². The molecule has 15 heavy (non-hydrogen) atoms. The lowest BCUT2D eigenvalue weighted by molar-refractivity contribution is 0.621. The molecule has 0 unspecified atom stereocenters. The molecule has 0 N–H and O–H groups in total. The Morgan fingerprint density at radius 1 is 1.20 bits per heavy atom. The van der Waals surface area contributed by atoms with Crippen molar-refractivity contribution in [1.82, 2.24) is 9.97 Å². The van der Waals surface area contributed by atoms with Crippen molar-refractivity contribution in [3.63, 3.8) is 0 Å². The van der Waals surface area contributed by atoms with E-state index in [4.69, 9.17) is 11.6 Å². The van der Waals surface area contributed by atoms with Crippen molar-refractivity contribution in [1.29, 1.82) is 0 Å². The molecule has 0 radical (unpaired) electrons. The van der Waals surface area contributed by atoms with Gasteiger partial charge in [-0.1, -0.05) is 17.7 Å². The second-order valence-electron chi connectivity index (χ2n) is 2.82. The Kier molecular flexibility index (Phi) is 2.98. The average molecular weight is 288 g/mol. The molecule has 0 saturated heterocycles. The highest BCUT2D eigenvalue weighted by Crippen LogP contribution is 2.26. The average Bonchev–Trinajstić information content (AvgIpc) is 2.23. The molecule has 1 aromatic carbocycles. The van der Waals surface area contributed by atoms with Gasteiger partial charge in [-0.15, -0.1) is 0 Å². The summed E-state index contributed by atoms with van der Waals surface area (Å²) in [6.45, 7) is 0. The molecule has 0 fully saturated rings. The third-order valence-electron chi connectivity index (χ3n) is 1.85. The van der Waals surface area contributed by atoms with Crippen LogP contribution < -0.4 is 0 Å². The highest BCUT2D eigenvalue weighted by Gasteiger charge is 2.07. The van der Waals surface area contributed by atoms with E-state index in [0.717, 1.165) is 0 Å². The maximum atomic E-state index is 13.3. The van der Waals surface area contributed by atoms with Gasteiger partial charge in [0, 0.05) is 18.0 Å². The summed E-state index contributed by atoms with van der Waals surface area (Å²) in [7, 11) is 0. The molecule has 0 aliphatic heterocycles. The predicted octanol–water partition coefficient (Wildman–Crippen LogP) is 3.70. The largest absolute Gasteiger partial charge is 0.251 e. The Hall–Kier alpha value is -1.000. The van der Waals surface area contributed by atoms with Crippen LogP contribution in [0.2, 0.25) is 5.15 Å². The molecule has 0 spiro atoms. The van der Waals surface area contributed by atoms with Gasteiger partial charge in [-0.05, 0) is 28.1 Å². The zero-order chi connectivity index (χ0) is 10.8. The molecular weight excluding hydrogens is 282 g/mol. The molecule has 0 aliphatic carbocycles.